The first-order valence-electron chi connectivity index (χ1n) is 10.3. The van der Waals surface area contributed by atoms with E-state index < -0.39 is 33.5 Å². The predicted molar refractivity (Wildman–Crippen MR) is 118 cm³/mol. The summed E-state index contributed by atoms with van der Waals surface area (Å²) in [5, 5.41) is 4.08. The van der Waals surface area contributed by atoms with Crippen molar-refractivity contribution in [3.63, 3.8) is 0 Å². The Morgan fingerprint density at radius 1 is 0.879 bits per heavy atom. The lowest BCUT2D eigenvalue weighted by molar-refractivity contribution is -0.131. The fourth-order valence-corrected chi connectivity index (χ4v) is 5.15. The molecule has 0 unspecified atom stereocenters. The fraction of sp³-hybridized carbons (Fsp3) is 0.217. The molecule has 10 heteroatoms. The van der Waals surface area contributed by atoms with Crippen molar-refractivity contribution < 1.29 is 26.8 Å². The van der Waals surface area contributed by atoms with Crippen LogP contribution in [0, 0.1) is 11.6 Å². The van der Waals surface area contributed by atoms with Gasteiger partial charge in [-0.1, -0.05) is 30.3 Å². The minimum atomic E-state index is -3.72. The molecule has 0 atom stereocenters. The van der Waals surface area contributed by atoms with E-state index in [4.69, 9.17) is 0 Å². The van der Waals surface area contributed by atoms with Gasteiger partial charge in [-0.15, -0.1) is 0 Å². The zero-order valence-electron chi connectivity index (χ0n) is 17.5. The Bertz CT molecular complexity index is 1320. The molecular weight excluding hydrogens is 452 g/mol. The number of rotatable bonds is 5. The fourth-order valence-electron chi connectivity index (χ4n) is 3.69. The van der Waals surface area contributed by atoms with Crippen LogP contribution in [-0.2, 0) is 14.8 Å². The topological polar surface area (TPSA) is 86.8 Å². The van der Waals surface area contributed by atoms with E-state index in [0.717, 1.165) is 22.9 Å². The van der Waals surface area contributed by atoms with E-state index in [0.29, 0.717) is 6.07 Å². The van der Waals surface area contributed by atoms with Crippen LogP contribution in [-0.4, -0.2) is 62.2 Å². The lowest BCUT2D eigenvalue weighted by Crippen LogP contribution is -2.52. The summed E-state index contributed by atoms with van der Waals surface area (Å²) in [6.45, 7) is 0.162. The maximum atomic E-state index is 13.7. The molecular formula is C23H21F2N3O4S. The molecule has 0 aliphatic carbocycles. The molecule has 0 saturated carbocycles. The van der Waals surface area contributed by atoms with Crippen LogP contribution in [0.1, 0.15) is 10.4 Å². The monoisotopic (exact) mass is 473 g/mol. The molecule has 0 radical (unpaired) electrons. The summed E-state index contributed by atoms with van der Waals surface area (Å²) in [6.07, 6.45) is 0. The molecule has 1 aliphatic heterocycles. The highest BCUT2D eigenvalue weighted by atomic mass is 32.2. The third-order valence-electron chi connectivity index (χ3n) is 5.53. The molecule has 0 aromatic heterocycles. The summed E-state index contributed by atoms with van der Waals surface area (Å²) in [7, 11) is -3.72. The predicted octanol–water partition coefficient (Wildman–Crippen LogP) is 2.38. The van der Waals surface area contributed by atoms with Gasteiger partial charge in [-0.25, -0.2) is 17.2 Å². The van der Waals surface area contributed by atoms with Crippen LogP contribution in [0.25, 0.3) is 10.8 Å². The smallest absolute Gasteiger partial charge is 0.254 e. The van der Waals surface area contributed by atoms with Gasteiger partial charge in [0, 0.05) is 32.2 Å². The number of nitrogens with zero attached hydrogens (tertiary/aromatic N) is 2. The number of benzene rings is 3. The lowest BCUT2D eigenvalue weighted by atomic mass is 10.1. The first-order valence-corrected chi connectivity index (χ1v) is 11.7. The van der Waals surface area contributed by atoms with E-state index in [-0.39, 0.29) is 43.2 Å². The van der Waals surface area contributed by atoms with Crippen LogP contribution in [0.2, 0.25) is 0 Å². The lowest BCUT2D eigenvalue weighted by Gasteiger charge is -2.34. The van der Waals surface area contributed by atoms with E-state index in [9.17, 15) is 26.8 Å². The first-order chi connectivity index (χ1) is 15.8. The van der Waals surface area contributed by atoms with Gasteiger partial charge in [0.15, 0.2) is 0 Å². The van der Waals surface area contributed by atoms with Gasteiger partial charge < -0.3 is 10.2 Å². The summed E-state index contributed by atoms with van der Waals surface area (Å²) in [5.41, 5.74) is -0.365. The number of piperazine rings is 1. The van der Waals surface area contributed by atoms with Crippen molar-refractivity contribution in [2.75, 3.05) is 32.7 Å². The molecule has 172 valence electrons. The van der Waals surface area contributed by atoms with Gasteiger partial charge in [0.1, 0.15) is 11.6 Å². The van der Waals surface area contributed by atoms with E-state index in [1.807, 2.05) is 24.3 Å². The zero-order valence-corrected chi connectivity index (χ0v) is 18.3. The highest BCUT2D eigenvalue weighted by molar-refractivity contribution is 7.89. The molecule has 33 heavy (non-hydrogen) atoms. The molecule has 0 bridgehead atoms. The van der Waals surface area contributed by atoms with E-state index >= 15 is 0 Å². The SMILES string of the molecule is O=C(NCC(=O)N1CCN(S(=O)(=O)c2ccc3ccccc3c2)CC1)c1ccc(F)cc1F. The van der Waals surface area contributed by atoms with Crippen molar-refractivity contribution in [3.8, 4) is 0 Å². The molecule has 1 saturated heterocycles. The highest BCUT2D eigenvalue weighted by Crippen LogP contribution is 2.23. The van der Waals surface area contributed by atoms with Crippen molar-refractivity contribution >= 4 is 32.6 Å². The second-order valence-corrected chi connectivity index (χ2v) is 9.54. The number of sulfonamides is 1. The highest BCUT2D eigenvalue weighted by Gasteiger charge is 2.30. The molecule has 1 N–H and O–H groups in total. The van der Waals surface area contributed by atoms with E-state index in [2.05, 4.69) is 5.32 Å². The standard InChI is InChI=1S/C23H21F2N3O4S/c24-18-6-8-20(21(25)14-18)23(30)26-15-22(29)27-9-11-28(12-10-27)33(31,32)19-7-5-16-3-1-2-4-17(16)13-19/h1-8,13-14H,9-12,15H2,(H,26,30). The van der Waals surface area contributed by atoms with Crippen molar-refractivity contribution in [2.45, 2.75) is 4.90 Å². The number of carbonyl (C=O) groups excluding carboxylic acids is 2. The van der Waals surface area contributed by atoms with Gasteiger partial charge >= 0.3 is 0 Å². The van der Waals surface area contributed by atoms with Crippen molar-refractivity contribution in [1.29, 1.82) is 0 Å². The molecule has 1 fully saturated rings. The van der Waals surface area contributed by atoms with Gasteiger partial charge in [0.05, 0.1) is 17.0 Å². The van der Waals surface area contributed by atoms with Crippen LogP contribution in [0.15, 0.2) is 65.6 Å². The maximum Gasteiger partial charge on any atom is 0.254 e. The van der Waals surface area contributed by atoms with Gasteiger partial charge in [0.2, 0.25) is 15.9 Å². The van der Waals surface area contributed by atoms with Crippen LogP contribution in [0.3, 0.4) is 0 Å². The number of hydrogen-bond donors (Lipinski definition) is 1. The zero-order chi connectivity index (χ0) is 23.6. The molecule has 1 aliphatic rings. The van der Waals surface area contributed by atoms with Crippen LogP contribution in [0.4, 0.5) is 8.78 Å². The molecule has 3 aromatic rings. The third-order valence-corrected chi connectivity index (χ3v) is 7.42. The minimum Gasteiger partial charge on any atom is -0.343 e. The average molecular weight is 474 g/mol. The van der Waals surface area contributed by atoms with Gasteiger partial charge in [-0.2, -0.15) is 4.31 Å². The summed E-state index contributed by atoms with van der Waals surface area (Å²) in [4.78, 5) is 26.1. The number of nitrogens with one attached hydrogen (secondary N) is 1. The molecule has 3 aromatic carbocycles. The largest absolute Gasteiger partial charge is 0.343 e. The second-order valence-electron chi connectivity index (χ2n) is 7.60. The number of amides is 2. The van der Waals surface area contributed by atoms with Crippen LogP contribution in [0.5, 0.6) is 0 Å². The molecule has 4 rings (SSSR count). The quantitative estimate of drug-likeness (QED) is 0.617. The summed E-state index contributed by atoms with van der Waals surface area (Å²) < 4.78 is 54.1. The molecule has 2 amide bonds. The van der Waals surface area contributed by atoms with Crippen LogP contribution < -0.4 is 5.32 Å². The third kappa shape index (κ3) is 4.86. The molecule has 0 spiro atoms. The Morgan fingerprint density at radius 3 is 2.27 bits per heavy atom. The number of fused-ring (bicyclic) bond motifs is 1. The van der Waals surface area contributed by atoms with E-state index in [1.54, 1.807) is 18.2 Å². The normalized spacial score (nSPS) is 14.9. The molecule has 1 heterocycles. The maximum absolute atomic E-state index is 13.7. The Kier molecular flexibility index (Phi) is 6.39. The number of carbonyl (C=O) groups is 2. The second kappa shape index (κ2) is 9.24. The Balaban J connectivity index is 1.34. The average Bonchev–Trinajstić information content (AvgIpc) is 2.82. The van der Waals surface area contributed by atoms with Crippen molar-refractivity contribution in [1.82, 2.24) is 14.5 Å². The van der Waals surface area contributed by atoms with Crippen molar-refractivity contribution in [3.05, 3.63) is 77.9 Å². The van der Waals surface area contributed by atoms with Gasteiger partial charge in [0.25, 0.3) is 5.91 Å². The summed E-state index contributed by atoms with van der Waals surface area (Å²) in [6, 6.07) is 15.0. The van der Waals surface area contributed by atoms with E-state index in [1.165, 1.54) is 9.21 Å². The Hall–Kier alpha value is -3.37. The minimum absolute atomic E-state index is 0.113. The number of hydrogen-bond acceptors (Lipinski definition) is 4. The first kappa shape index (κ1) is 22.8. The molecule has 7 nitrogen and oxygen atoms in total. The van der Waals surface area contributed by atoms with Gasteiger partial charge in [-0.3, -0.25) is 9.59 Å². The number of halogens is 2. The summed E-state index contributed by atoms with van der Waals surface area (Å²) in [5.74, 6) is -3.09. The summed E-state index contributed by atoms with van der Waals surface area (Å²) >= 11 is 0. The van der Waals surface area contributed by atoms with Crippen molar-refractivity contribution in [2.24, 2.45) is 0 Å². The van der Waals surface area contributed by atoms with Crippen LogP contribution >= 0.6 is 0 Å². The Morgan fingerprint density at radius 2 is 1.58 bits per heavy atom. The Labute approximate surface area is 189 Å². The van der Waals surface area contributed by atoms with Gasteiger partial charge in [-0.05, 0) is 35.0 Å².